The molecule has 0 unspecified atom stereocenters. The average Bonchev–Trinajstić information content (AvgIpc) is 2.34. The topological polar surface area (TPSA) is 15.3 Å². The van der Waals surface area contributed by atoms with Crippen LogP contribution in [0.15, 0.2) is 0 Å². The maximum Gasteiger partial charge on any atom is 0.0254 e. The van der Waals surface area contributed by atoms with Gasteiger partial charge in [-0.3, -0.25) is 0 Å². The Hall–Kier alpha value is -0.0800. The summed E-state index contributed by atoms with van der Waals surface area (Å²) in [6.07, 6.45) is 2.77. The first-order chi connectivity index (χ1) is 5.99. The second-order valence-corrected chi connectivity index (χ2v) is 5.17. The van der Waals surface area contributed by atoms with Crippen molar-refractivity contribution in [1.29, 1.82) is 0 Å². The van der Waals surface area contributed by atoms with Crippen molar-refractivity contribution in [1.82, 2.24) is 10.2 Å². The normalized spacial score (nSPS) is 20.1. The molecular weight excluding hydrogens is 160 g/mol. The van der Waals surface area contributed by atoms with Crippen LogP contribution in [0, 0.1) is 0 Å². The molecule has 2 heteroatoms. The second-order valence-electron chi connectivity index (χ2n) is 5.17. The summed E-state index contributed by atoms with van der Waals surface area (Å²) in [6.45, 7) is 12.8. The number of nitrogens with one attached hydrogen (secondary N) is 1. The molecule has 1 fully saturated rings. The van der Waals surface area contributed by atoms with Crippen molar-refractivity contribution < 1.29 is 0 Å². The highest BCUT2D eigenvalue weighted by Crippen LogP contribution is 2.13. The van der Waals surface area contributed by atoms with E-state index in [1.54, 1.807) is 0 Å². The minimum atomic E-state index is 0.262. The highest BCUT2D eigenvalue weighted by molar-refractivity contribution is 4.84. The molecule has 13 heavy (non-hydrogen) atoms. The van der Waals surface area contributed by atoms with Crippen LogP contribution in [0.25, 0.3) is 0 Å². The molecule has 0 atom stereocenters. The van der Waals surface area contributed by atoms with Gasteiger partial charge < -0.3 is 10.2 Å². The molecule has 1 N–H and O–H groups in total. The van der Waals surface area contributed by atoms with Crippen molar-refractivity contribution in [2.75, 3.05) is 19.6 Å². The summed E-state index contributed by atoms with van der Waals surface area (Å²) in [6, 6.07) is 0.581. The van der Waals surface area contributed by atoms with Crippen molar-refractivity contribution in [2.24, 2.45) is 0 Å². The SMILES string of the molecule is CC(C)NC(C)(C)CN1CCCC1. The largest absolute Gasteiger partial charge is 0.308 e. The van der Waals surface area contributed by atoms with Crippen molar-refractivity contribution in [3.63, 3.8) is 0 Å². The van der Waals surface area contributed by atoms with E-state index in [1.165, 1.54) is 32.5 Å². The smallest absolute Gasteiger partial charge is 0.0254 e. The first kappa shape index (κ1) is 11.0. The van der Waals surface area contributed by atoms with E-state index in [-0.39, 0.29) is 5.54 Å². The standard InChI is InChI=1S/C11H24N2/c1-10(2)12-11(3,4)9-13-7-5-6-8-13/h10,12H,5-9H2,1-4H3. The van der Waals surface area contributed by atoms with Crippen LogP contribution in [0.1, 0.15) is 40.5 Å². The fourth-order valence-electron chi connectivity index (χ4n) is 2.33. The van der Waals surface area contributed by atoms with Gasteiger partial charge in [-0.2, -0.15) is 0 Å². The lowest BCUT2D eigenvalue weighted by molar-refractivity contribution is 0.225. The number of hydrogen-bond acceptors (Lipinski definition) is 2. The van der Waals surface area contributed by atoms with E-state index < -0.39 is 0 Å². The van der Waals surface area contributed by atoms with Gasteiger partial charge in [0.25, 0.3) is 0 Å². The molecule has 0 amide bonds. The summed E-state index contributed by atoms with van der Waals surface area (Å²) in [5.41, 5.74) is 0.262. The number of likely N-dealkylation sites (tertiary alicyclic amines) is 1. The van der Waals surface area contributed by atoms with E-state index in [0.29, 0.717) is 6.04 Å². The number of rotatable bonds is 4. The minimum Gasteiger partial charge on any atom is -0.308 e. The highest BCUT2D eigenvalue weighted by Gasteiger charge is 2.23. The first-order valence-electron chi connectivity index (χ1n) is 5.50. The molecule has 0 aromatic carbocycles. The van der Waals surface area contributed by atoms with Gasteiger partial charge in [-0.1, -0.05) is 13.8 Å². The van der Waals surface area contributed by atoms with Crippen LogP contribution in [-0.2, 0) is 0 Å². The third-order valence-corrected chi connectivity index (χ3v) is 2.50. The third-order valence-electron chi connectivity index (χ3n) is 2.50. The Morgan fingerprint density at radius 3 is 2.23 bits per heavy atom. The zero-order chi connectivity index (χ0) is 9.90. The molecular formula is C11H24N2. The fourth-order valence-corrected chi connectivity index (χ4v) is 2.33. The van der Waals surface area contributed by atoms with Crippen LogP contribution in [0.2, 0.25) is 0 Å². The van der Waals surface area contributed by atoms with E-state index in [9.17, 15) is 0 Å². The third kappa shape index (κ3) is 4.10. The molecule has 0 aromatic rings. The number of hydrogen-bond donors (Lipinski definition) is 1. The van der Waals surface area contributed by atoms with E-state index >= 15 is 0 Å². The van der Waals surface area contributed by atoms with Gasteiger partial charge in [0.2, 0.25) is 0 Å². The molecule has 0 saturated carbocycles. The molecule has 0 bridgehead atoms. The maximum absolute atomic E-state index is 3.60. The van der Waals surface area contributed by atoms with E-state index in [2.05, 4.69) is 37.9 Å². The predicted octanol–water partition coefficient (Wildman–Crippen LogP) is 1.86. The Morgan fingerprint density at radius 2 is 1.77 bits per heavy atom. The summed E-state index contributed by atoms with van der Waals surface area (Å²) in [7, 11) is 0. The van der Waals surface area contributed by atoms with Crippen LogP contribution in [-0.4, -0.2) is 36.1 Å². The molecule has 1 aliphatic heterocycles. The van der Waals surface area contributed by atoms with Crippen LogP contribution in [0.4, 0.5) is 0 Å². The summed E-state index contributed by atoms with van der Waals surface area (Å²) >= 11 is 0. The monoisotopic (exact) mass is 184 g/mol. The highest BCUT2D eigenvalue weighted by atomic mass is 15.2. The molecule has 0 spiro atoms. The van der Waals surface area contributed by atoms with Gasteiger partial charge in [-0.25, -0.2) is 0 Å². The van der Waals surface area contributed by atoms with Gasteiger partial charge in [-0.15, -0.1) is 0 Å². The molecule has 1 aliphatic rings. The van der Waals surface area contributed by atoms with Gasteiger partial charge in [0.05, 0.1) is 0 Å². The lowest BCUT2D eigenvalue weighted by Gasteiger charge is -2.33. The van der Waals surface area contributed by atoms with Crippen molar-refractivity contribution >= 4 is 0 Å². The Morgan fingerprint density at radius 1 is 1.23 bits per heavy atom. The van der Waals surface area contributed by atoms with Crippen molar-refractivity contribution in [3.05, 3.63) is 0 Å². The molecule has 0 aliphatic carbocycles. The lowest BCUT2D eigenvalue weighted by atomic mass is 10.0. The molecule has 1 rings (SSSR count). The van der Waals surface area contributed by atoms with Crippen LogP contribution in [0.3, 0.4) is 0 Å². The Kier molecular flexibility index (Phi) is 3.74. The molecule has 2 nitrogen and oxygen atoms in total. The van der Waals surface area contributed by atoms with Gasteiger partial charge >= 0.3 is 0 Å². The van der Waals surface area contributed by atoms with Crippen LogP contribution < -0.4 is 5.32 Å². The van der Waals surface area contributed by atoms with E-state index in [1.807, 2.05) is 0 Å². The fraction of sp³-hybridized carbons (Fsp3) is 1.00. The molecule has 0 aromatic heterocycles. The van der Waals surface area contributed by atoms with Gasteiger partial charge in [0, 0.05) is 18.1 Å². The summed E-state index contributed by atoms with van der Waals surface area (Å²) in [5.74, 6) is 0. The number of nitrogens with zero attached hydrogens (tertiary/aromatic N) is 1. The molecule has 1 heterocycles. The van der Waals surface area contributed by atoms with Crippen LogP contribution >= 0.6 is 0 Å². The van der Waals surface area contributed by atoms with E-state index in [4.69, 9.17) is 0 Å². The zero-order valence-corrected chi connectivity index (χ0v) is 9.56. The predicted molar refractivity (Wildman–Crippen MR) is 58.0 cm³/mol. The Bertz CT molecular complexity index is 146. The van der Waals surface area contributed by atoms with Gasteiger partial charge in [0.15, 0.2) is 0 Å². The Balaban J connectivity index is 2.31. The van der Waals surface area contributed by atoms with Crippen LogP contribution in [0.5, 0.6) is 0 Å². The molecule has 78 valence electrons. The van der Waals surface area contributed by atoms with Crippen molar-refractivity contribution in [3.8, 4) is 0 Å². The quantitative estimate of drug-likeness (QED) is 0.717. The molecule has 1 saturated heterocycles. The Labute approximate surface area is 82.7 Å². The lowest BCUT2D eigenvalue weighted by Crippen LogP contribution is -2.51. The van der Waals surface area contributed by atoms with Gasteiger partial charge in [-0.05, 0) is 39.8 Å². The second kappa shape index (κ2) is 4.43. The molecule has 0 radical (unpaired) electrons. The summed E-state index contributed by atoms with van der Waals surface area (Å²) < 4.78 is 0. The zero-order valence-electron chi connectivity index (χ0n) is 9.56. The van der Waals surface area contributed by atoms with Gasteiger partial charge in [0.1, 0.15) is 0 Å². The van der Waals surface area contributed by atoms with Crippen molar-refractivity contribution in [2.45, 2.75) is 52.1 Å². The summed E-state index contributed by atoms with van der Waals surface area (Å²) in [5, 5.41) is 3.60. The minimum absolute atomic E-state index is 0.262. The summed E-state index contributed by atoms with van der Waals surface area (Å²) in [4.78, 5) is 2.56. The maximum atomic E-state index is 3.60. The first-order valence-corrected chi connectivity index (χ1v) is 5.50. The average molecular weight is 184 g/mol. The van der Waals surface area contributed by atoms with E-state index in [0.717, 1.165) is 0 Å².